The molecule has 0 bridgehead atoms. The third-order valence-electron chi connectivity index (χ3n) is 4.32. The maximum atomic E-state index is 11.4. The van der Waals surface area contributed by atoms with Gasteiger partial charge in [-0.15, -0.1) is 0 Å². The molecule has 1 aromatic rings. The zero-order chi connectivity index (χ0) is 17.6. The van der Waals surface area contributed by atoms with Crippen molar-refractivity contribution in [1.82, 2.24) is 10.2 Å². The first-order valence-corrected chi connectivity index (χ1v) is 8.82. The van der Waals surface area contributed by atoms with E-state index < -0.39 is 0 Å². The Hall–Kier alpha value is -1.72. The molecule has 0 atom stereocenters. The van der Waals surface area contributed by atoms with E-state index in [0.717, 1.165) is 38.9 Å². The van der Waals surface area contributed by atoms with Crippen molar-refractivity contribution in [3.05, 3.63) is 35.9 Å². The van der Waals surface area contributed by atoms with Gasteiger partial charge >= 0.3 is 0 Å². The highest BCUT2D eigenvalue weighted by Crippen LogP contribution is 2.21. The maximum Gasteiger partial charge on any atom is 0.220 e. The molecule has 3 N–H and O–H groups in total. The smallest absolute Gasteiger partial charge is 0.220 e. The molecule has 1 heterocycles. The number of benzene rings is 1. The van der Waals surface area contributed by atoms with Gasteiger partial charge in [-0.05, 0) is 50.9 Å². The van der Waals surface area contributed by atoms with Crippen LogP contribution in [0.2, 0.25) is 0 Å². The lowest BCUT2D eigenvalue weighted by Crippen LogP contribution is -2.34. The second kappa shape index (κ2) is 12.7. The van der Waals surface area contributed by atoms with Gasteiger partial charge in [0.2, 0.25) is 5.91 Å². The van der Waals surface area contributed by atoms with Gasteiger partial charge in [0.25, 0.3) is 0 Å². The van der Waals surface area contributed by atoms with Crippen molar-refractivity contribution in [3.8, 4) is 0 Å². The summed E-state index contributed by atoms with van der Waals surface area (Å²) in [5.41, 5.74) is 5.88. The van der Waals surface area contributed by atoms with Crippen molar-refractivity contribution in [2.75, 3.05) is 26.7 Å². The third kappa shape index (κ3) is 8.22. The van der Waals surface area contributed by atoms with Crippen molar-refractivity contribution in [2.24, 2.45) is 11.7 Å². The van der Waals surface area contributed by atoms with E-state index >= 15 is 0 Å². The fourth-order valence-corrected chi connectivity index (χ4v) is 2.97. The number of aldehydes is 1. The summed E-state index contributed by atoms with van der Waals surface area (Å²) in [5.74, 6) is 0.701. The summed E-state index contributed by atoms with van der Waals surface area (Å²) in [6.45, 7) is 4.05. The van der Waals surface area contributed by atoms with Crippen LogP contribution in [-0.2, 0) is 16.1 Å². The summed E-state index contributed by atoms with van der Waals surface area (Å²) >= 11 is 0. The van der Waals surface area contributed by atoms with Crippen LogP contribution in [0.15, 0.2) is 30.3 Å². The minimum Gasteiger partial charge on any atom is -0.356 e. The third-order valence-corrected chi connectivity index (χ3v) is 4.32. The van der Waals surface area contributed by atoms with Crippen LogP contribution in [0.4, 0.5) is 0 Å². The largest absolute Gasteiger partial charge is 0.356 e. The lowest BCUT2D eigenvalue weighted by Gasteiger charge is -2.32. The Kier molecular flexibility index (Phi) is 10.7. The molecule has 134 valence electrons. The molecule has 0 spiro atoms. The highest BCUT2D eigenvalue weighted by Gasteiger charge is 2.19. The Morgan fingerprint density at radius 1 is 1.25 bits per heavy atom. The second-order valence-electron chi connectivity index (χ2n) is 6.05. The van der Waals surface area contributed by atoms with Crippen molar-refractivity contribution in [1.29, 1.82) is 0 Å². The summed E-state index contributed by atoms with van der Waals surface area (Å²) in [4.78, 5) is 24.1. The number of nitrogens with two attached hydrogens (primary N) is 1. The highest BCUT2D eigenvalue weighted by atomic mass is 16.1. The maximum absolute atomic E-state index is 11.4. The molecule has 0 saturated carbocycles. The Balaban J connectivity index is 0.00000139. The number of likely N-dealkylation sites (tertiary alicyclic amines) is 1. The number of nitrogens with one attached hydrogen (secondary N) is 1. The fourth-order valence-electron chi connectivity index (χ4n) is 2.97. The number of carbonyl (C=O) groups excluding carboxylic acids is 2. The minimum absolute atomic E-state index is 0.00591. The number of hydrogen-bond donors (Lipinski definition) is 2. The van der Waals surface area contributed by atoms with Crippen molar-refractivity contribution in [3.63, 3.8) is 0 Å². The van der Waals surface area contributed by atoms with Crippen molar-refractivity contribution < 1.29 is 9.59 Å². The van der Waals surface area contributed by atoms with Gasteiger partial charge in [0, 0.05) is 25.9 Å². The predicted molar refractivity (Wildman–Crippen MR) is 97.5 cm³/mol. The van der Waals surface area contributed by atoms with Gasteiger partial charge in [-0.2, -0.15) is 0 Å². The topological polar surface area (TPSA) is 75.4 Å². The molecule has 1 aliphatic rings. The molecule has 2 rings (SSSR count). The van der Waals surface area contributed by atoms with Gasteiger partial charge in [-0.3, -0.25) is 9.69 Å². The van der Waals surface area contributed by atoms with Crippen molar-refractivity contribution >= 4 is 12.2 Å². The fraction of sp³-hybridized carbons (Fsp3) is 0.579. The summed E-state index contributed by atoms with van der Waals surface area (Å²) in [5, 5.41) is 2.90. The first-order valence-electron chi connectivity index (χ1n) is 8.82. The number of hydrogen-bond acceptors (Lipinski definition) is 4. The lowest BCUT2D eigenvalue weighted by molar-refractivity contribution is -0.122. The van der Waals surface area contributed by atoms with Crippen molar-refractivity contribution in [2.45, 2.75) is 38.6 Å². The number of nitrogens with zero attached hydrogens (tertiary/aromatic N) is 1. The van der Waals surface area contributed by atoms with Crippen LogP contribution in [-0.4, -0.2) is 43.8 Å². The molecule has 1 amide bonds. The van der Waals surface area contributed by atoms with Gasteiger partial charge in [0.1, 0.15) is 6.29 Å². The lowest BCUT2D eigenvalue weighted by atomic mass is 9.93. The molecule has 0 unspecified atom stereocenters. The molecule has 1 aromatic carbocycles. The quantitative estimate of drug-likeness (QED) is 0.713. The summed E-state index contributed by atoms with van der Waals surface area (Å²) in [6.07, 6.45) is 4.89. The van der Waals surface area contributed by atoms with Crippen LogP contribution in [0.3, 0.4) is 0 Å². The zero-order valence-electron chi connectivity index (χ0n) is 14.7. The summed E-state index contributed by atoms with van der Waals surface area (Å²) in [7, 11) is 1.50. The standard InChI is InChI=1S/C18H26N2O2.CH5N/c21-14-4-7-18(22)19-11-8-16-9-12-20(13-10-16)15-17-5-2-1-3-6-17;1-2/h1-3,5-6,14,16H,4,7-13,15H2,(H,19,22);2H2,1H3. The van der Waals surface area contributed by atoms with Gasteiger partial charge < -0.3 is 15.8 Å². The predicted octanol–water partition coefficient (Wildman–Crippen LogP) is 1.96. The number of amides is 1. The summed E-state index contributed by atoms with van der Waals surface area (Å²) in [6, 6.07) is 10.6. The van der Waals surface area contributed by atoms with Crippen LogP contribution in [0.5, 0.6) is 0 Å². The van der Waals surface area contributed by atoms with Crippen LogP contribution < -0.4 is 11.1 Å². The van der Waals surface area contributed by atoms with E-state index in [-0.39, 0.29) is 5.91 Å². The molecule has 5 nitrogen and oxygen atoms in total. The molecular formula is C19H31N3O2. The molecule has 1 saturated heterocycles. The van der Waals surface area contributed by atoms with Crippen LogP contribution >= 0.6 is 0 Å². The SMILES string of the molecule is CN.O=CCCC(=O)NCCC1CCN(Cc2ccccc2)CC1. The van der Waals surface area contributed by atoms with E-state index in [4.69, 9.17) is 0 Å². The van der Waals surface area contributed by atoms with E-state index in [1.807, 2.05) is 0 Å². The van der Waals surface area contributed by atoms with E-state index in [2.05, 4.69) is 46.3 Å². The molecule has 1 fully saturated rings. The normalized spacial score (nSPS) is 15.2. The first kappa shape index (κ1) is 20.3. The molecule has 1 aliphatic heterocycles. The molecule has 0 radical (unpaired) electrons. The minimum atomic E-state index is -0.00591. The first-order chi connectivity index (χ1) is 11.8. The molecule has 0 aromatic heterocycles. The molecule has 24 heavy (non-hydrogen) atoms. The van der Waals surface area contributed by atoms with E-state index in [0.29, 0.717) is 18.8 Å². The van der Waals surface area contributed by atoms with Gasteiger partial charge in [0.05, 0.1) is 0 Å². The number of carbonyl (C=O) groups is 2. The van der Waals surface area contributed by atoms with Crippen LogP contribution in [0, 0.1) is 5.92 Å². The van der Waals surface area contributed by atoms with E-state index in [1.165, 1.54) is 25.5 Å². The Morgan fingerprint density at radius 3 is 2.54 bits per heavy atom. The monoisotopic (exact) mass is 333 g/mol. The van der Waals surface area contributed by atoms with E-state index in [9.17, 15) is 9.59 Å². The van der Waals surface area contributed by atoms with E-state index in [1.54, 1.807) is 0 Å². The Morgan fingerprint density at radius 2 is 1.92 bits per heavy atom. The molecule has 5 heteroatoms. The molecular weight excluding hydrogens is 302 g/mol. The van der Waals surface area contributed by atoms with Gasteiger partial charge in [0.15, 0.2) is 0 Å². The van der Waals surface area contributed by atoms with Gasteiger partial charge in [-0.1, -0.05) is 30.3 Å². The summed E-state index contributed by atoms with van der Waals surface area (Å²) < 4.78 is 0. The zero-order valence-corrected chi connectivity index (χ0v) is 14.7. The highest BCUT2D eigenvalue weighted by molar-refractivity contribution is 5.77. The Labute approximate surface area is 145 Å². The molecule has 0 aliphatic carbocycles. The average molecular weight is 333 g/mol. The van der Waals surface area contributed by atoms with Crippen LogP contribution in [0.1, 0.15) is 37.7 Å². The van der Waals surface area contributed by atoms with Gasteiger partial charge in [-0.25, -0.2) is 0 Å². The second-order valence-corrected chi connectivity index (χ2v) is 6.05. The number of rotatable bonds is 8. The Bertz CT molecular complexity index is 457. The average Bonchev–Trinajstić information content (AvgIpc) is 2.64. The van der Waals surface area contributed by atoms with Crippen LogP contribution in [0.25, 0.3) is 0 Å². The number of piperidine rings is 1.